The molecule has 0 spiro atoms. The van der Waals surface area contributed by atoms with Gasteiger partial charge in [-0.15, -0.1) is 11.3 Å². The van der Waals surface area contributed by atoms with E-state index in [1.54, 1.807) is 15.9 Å². The fraction of sp³-hybridized carbons (Fsp3) is 0.269. The number of amides is 1. The first-order chi connectivity index (χ1) is 16.0. The Bertz CT molecular complexity index is 1370. The molecule has 5 nitrogen and oxygen atoms in total. The van der Waals surface area contributed by atoms with E-state index >= 15 is 0 Å². The zero-order chi connectivity index (χ0) is 22.9. The maximum Gasteiger partial charge on any atom is 0.267 e. The van der Waals surface area contributed by atoms with Gasteiger partial charge in [0.2, 0.25) is 5.91 Å². The standard InChI is InChI=1S/C26H25N3O2S2/c1-16-8-11-18(12-9-16)27-22(30)15-32-26-28-24-23(20-13-10-17(2)14-21(20)33-24)25(31)29(26)19-6-4-3-5-7-19/h3-9,11-12,17H,10,13-15H2,1-2H3,(H,27,30). The molecule has 33 heavy (non-hydrogen) atoms. The van der Waals surface area contributed by atoms with Crippen LogP contribution in [0, 0.1) is 12.8 Å². The van der Waals surface area contributed by atoms with Crippen molar-refractivity contribution in [2.45, 2.75) is 38.3 Å². The number of para-hydroxylation sites is 1. The Morgan fingerprint density at radius 1 is 1.18 bits per heavy atom. The molecule has 0 saturated carbocycles. The lowest BCUT2D eigenvalue weighted by molar-refractivity contribution is -0.113. The number of fused-ring (bicyclic) bond motifs is 3. The fourth-order valence-corrected chi connectivity index (χ4v) is 6.47. The van der Waals surface area contributed by atoms with Crippen molar-refractivity contribution in [3.05, 3.63) is 81.0 Å². The van der Waals surface area contributed by atoms with Crippen molar-refractivity contribution < 1.29 is 4.79 Å². The lowest BCUT2D eigenvalue weighted by Gasteiger charge is -2.17. The van der Waals surface area contributed by atoms with Crippen LogP contribution in [0.1, 0.15) is 29.3 Å². The van der Waals surface area contributed by atoms with Crippen molar-refractivity contribution in [3.63, 3.8) is 0 Å². The van der Waals surface area contributed by atoms with E-state index in [0.29, 0.717) is 11.1 Å². The number of carbonyl (C=O) groups is 1. The van der Waals surface area contributed by atoms with E-state index in [0.717, 1.165) is 46.4 Å². The van der Waals surface area contributed by atoms with E-state index in [1.807, 2.05) is 61.5 Å². The van der Waals surface area contributed by atoms with Crippen LogP contribution in [0.25, 0.3) is 15.9 Å². The Hall–Kier alpha value is -2.90. The van der Waals surface area contributed by atoms with Gasteiger partial charge in [-0.05, 0) is 61.9 Å². The van der Waals surface area contributed by atoms with Gasteiger partial charge in [0.15, 0.2) is 5.16 Å². The number of thioether (sulfide) groups is 1. The minimum Gasteiger partial charge on any atom is -0.325 e. The summed E-state index contributed by atoms with van der Waals surface area (Å²) in [6.45, 7) is 4.27. The molecule has 1 aliphatic rings. The number of nitrogens with zero attached hydrogens (tertiary/aromatic N) is 2. The van der Waals surface area contributed by atoms with Gasteiger partial charge in [0.05, 0.1) is 16.8 Å². The first-order valence-corrected chi connectivity index (χ1v) is 12.9. The number of aromatic nitrogens is 2. The molecule has 7 heteroatoms. The van der Waals surface area contributed by atoms with Crippen LogP contribution in [0.15, 0.2) is 64.5 Å². The van der Waals surface area contributed by atoms with Crippen LogP contribution in [-0.4, -0.2) is 21.2 Å². The molecule has 1 atom stereocenters. The number of carbonyl (C=O) groups excluding carboxylic acids is 1. The molecule has 0 bridgehead atoms. The van der Waals surface area contributed by atoms with Gasteiger partial charge in [0, 0.05) is 10.6 Å². The third kappa shape index (κ3) is 4.48. The number of benzene rings is 2. The Balaban J connectivity index is 1.51. The number of thiophene rings is 1. The molecular weight excluding hydrogens is 450 g/mol. The number of hydrogen-bond donors (Lipinski definition) is 1. The molecule has 0 saturated heterocycles. The van der Waals surface area contributed by atoms with E-state index < -0.39 is 0 Å². The number of nitrogens with one attached hydrogen (secondary N) is 1. The minimum absolute atomic E-state index is 0.0419. The van der Waals surface area contributed by atoms with Crippen LogP contribution in [0.2, 0.25) is 0 Å². The average Bonchev–Trinajstić information content (AvgIpc) is 3.17. The van der Waals surface area contributed by atoms with E-state index in [9.17, 15) is 9.59 Å². The van der Waals surface area contributed by atoms with E-state index in [1.165, 1.54) is 22.2 Å². The smallest absolute Gasteiger partial charge is 0.267 e. The highest BCUT2D eigenvalue weighted by atomic mass is 32.2. The highest BCUT2D eigenvalue weighted by molar-refractivity contribution is 7.99. The van der Waals surface area contributed by atoms with Crippen LogP contribution in [0.3, 0.4) is 0 Å². The third-order valence-corrected chi connectivity index (χ3v) is 8.07. The van der Waals surface area contributed by atoms with E-state index in [-0.39, 0.29) is 17.2 Å². The third-order valence-electron chi connectivity index (χ3n) is 5.98. The maximum atomic E-state index is 13.7. The lowest BCUT2D eigenvalue weighted by Crippen LogP contribution is -2.23. The van der Waals surface area contributed by atoms with Crippen molar-refractivity contribution >= 4 is 44.9 Å². The number of rotatable bonds is 5. The summed E-state index contributed by atoms with van der Waals surface area (Å²) in [5.41, 5.74) is 3.79. The number of anilines is 1. The van der Waals surface area contributed by atoms with Crippen molar-refractivity contribution in [1.29, 1.82) is 0 Å². The van der Waals surface area contributed by atoms with Crippen LogP contribution < -0.4 is 10.9 Å². The molecule has 5 rings (SSSR count). The summed E-state index contributed by atoms with van der Waals surface area (Å²) < 4.78 is 1.66. The van der Waals surface area contributed by atoms with Gasteiger partial charge < -0.3 is 5.32 Å². The molecule has 0 aliphatic heterocycles. The Morgan fingerprint density at radius 2 is 1.94 bits per heavy atom. The maximum absolute atomic E-state index is 13.7. The summed E-state index contributed by atoms with van der Waals surface area (Å²) in [6, 6.07) is 17.3. The van der Waals surface area contributed by atoms with Crippen molar-refractivity contribution in [2.75, 3.05) is 11.1 Å². The summed E-state index contributed by atoms with van der Waals surface area (Å²) >= 11 is 2.93. The van der Waals surface area contributed by atoms with E-state index in [4.69, 9.17) is 4.98 Å². The summed E-state index contributed by atoms with van der Waals surface area (Å²) in [6.07, 6.45) is 3.02. The van der Waals surface area contributed by atoms with Gasteiger partial charge in [-0.1, -0.05) is 54.6 Å². The topological polar surface area (TPSA) is 64.0 Å². The molecular formula is C26H25N3O2S2. The van der Waals surface area contributed by atoms with Gasteiger partial charge in [-0.2, -0.15) is 0 Å². The molecule has 1 unspecified atom stereocenters. The molecule has 1 N–H and O–H groups in total. The molecule has 0 fully saturated rings. The monoisotopic (exact) mass is 475 g/mol. The highest BCUT2D eigenvalue weighted by Gasteiger charge is 2.25. The average molecular weight is 476 g/mol. The van der Waals surface area contributed by atoms with Gasteiger partial charge in [0.1, 0.15) is 4.83 Å². The quantitative estimate of drug-likeness (QED) is 0.301. The second-order valence-corrected chi connectivity index (χ2v) is 10.6. The molecule has 0 radical (unpaired) electrons. The predicted octanol–water partition coefficient (Wildman–Crippen LogP) is 5.61. The normalized spacial score (nSPS) is 15.4. The van der Waals surface area contributed by atoms with Crippen molar-refractivity contribution in [1.82, 2.24) is 9.55 Å². The van der Waals surface area contributed by atoms with Gasteiger partial charge >= 0.3 is 0 Å². The fourth-order valence-electron chi connectivity index (χ4n) is 4.24. The molecule has 1 aliphatic carbocycles. The van der Waals surface area contributed by atoms with E-state index in [2.05, 4.69) is 12.2 Å². The van der Waals surface area contributed by atoms with Gasteiger partial charge in [0.25, 0.3) is 5.56 Å². The van der Waals surface area contributed by atoms with Gasteiger partial charge in [-0.3, -0.25) is 14.2 Å². The largest absolute Gasteiger partial charge is 0.325 e. The predicted molar refractivity (Wildman–Crippen MR) is 137 cm³/mol. The molecule has 2 aromatic carbocycles. The summed E-state index contributed by atoms with van der Waals surface area (Å²) in [5.74, 6) is 0.666. The van der Waals surface area contributed by atoms with Crippen molar-refractivity contribution in [3.8, 4) is 5.69 Å². The van der Waals surface area contributed by atoms with Gasteiger partial charge in [-0.25, -0.2) is 4.98 Å². The Labute approximate surface area is 200 Å². The summed E-state index contributed by atoms with van der Waals surface area (Å²) in [5, 5.41) is 4.22. The lowest BCUT2D eigenvalue weighted by atomic mass is 9.89. The minimum atomic E-state index is -0.128. The summed E-state index contributed by atoms with van der Waals surface area (Å²) in [7, 11) is 0. The SMILES string of the molecule is Cc1ccc(NC(=O)CSc2nc3sc4c(c3c(=O)n2-c2ccccc2)CCC(C)C4)cc1. The molecule has 4 aromatic rings. The number of aryl methyl sites for hydroxylation is 2. The Kier molecular flexibility index (Phi) is 6.08. The molecule has 2 heterocycles. The van der Waals surface area contributed by atoms with Crippen LogP contribution in [-0.2, 0) is 17.6 Å². The highest BCUT2D eigenvalue weighted by Crippen LogP contribution is 2.37. The number of hydrogen-bond acceptors (Lipinski definition) is 5. The zero-order valence-electron chi connectivity index (χ0n) is 18.6. The van der Waals surface area contributed by atoms with Crippen LogP contribution >= 0.6 is 23.1 Å². The molecule has 1 amide bonds. The molecule has 168 valence electrons. The second kappa shape index (κ2) is 9.15. The second-order valence-electron chi connectivity index (χ2n) is 8.61. The van der Waals surface area contributed by atoms with Crippen LogP contribution in [0.4, 0.5) is 5.69 Å². The first kappa shape index (κ1) is 21.9. The summed E-state index contributed by atoms with van der Waals surface area (Å²) in [4.78, 5) is 33.3. The molecule has 2 aromatic heterocycles. The van der Waals surface area contributed by atoms with Crippen molar-refractivity contribution in [2.24, 2.45) is 5.92 Å². The van der Waals surface area contributed by atoms with Crippen LogP contribution in [0.5, 0.6) is 0 Å². The zero-order valence-corrected chi connectivity index (χ0v) is 20.3. The Morgan fingerprint density at radius 3 is 2.70 bits per heavy atom. The first-order valence-electron chi connectivity index (χ1n) is 11.1.